The number of fused-ring (bicyclic) bond motifs is 16. The first kappa shape index (κ1) is 30.6. The van der Waals surface area contributed by atoms with Gasteiger partial charge in [0.15, 0.2) is 0 Å². The molecule has 0 N–H and O–H groups in total. The summed E-state index contributed by atoms with van der Waals surface area (Å²) in [6.45, 7) is 4.28. The third-order valence-electron chi connectivity index (χ3n) is 10.0. The summed E-state index contributed by atoms with van der Waals surface area (Å²) in [6, 6.07) is 46.2. The van der Waals surface area contributed by atoms with Crippen LogP contribution in [-0.2, 0) is 20.4 Å². The predicted octanol–water partition coefficient (Wildman–Crippen LogP) is 10.4. The van der Waals surface area contributed by atoms with E-state index in [2.05, 4.69) is 89.4 Å². The summed E-state index contributed by atoms with van der Waals surface area (Å²) in [4.78, 5) is 20.2. The number of pyridine rings is 4. The van der Waals surface area contributed by atoms with E-state index in [1.165, 1.54) is 11.1 Å². The molecule has 5 aromatic carbocycles. The molecule has 8 heteroatoms. The topological polar surface area (TPSA) is 69.6 Å². The molecule has 0 fully saturated rings. The molecule has 52 heavy (non-hydrogen) atoms. The van der Waals surface area contributed by atoms with Gasteiger partial charge in [-0.3, -0.25) is 15.0 Å². The first-order valence-corrected chi connectivity index (χ1v) is 16.9. The fourth-order valence-electron chi connectivity index (χ4n) is 7.78. The molecule has 0 spiro atoms. The van der Waals surface area contributed by atoms with Gasteiger partial charge in [0, 0.05) is 23.3 Å². The average molecular weight is 761 g/mol. The zero-order valence-corrected chi connectivity index (χ0v) is 29.5. The van der Waals surface area contributed by atoms with Crippen molar-refractivity contribution in [3.63, 3.8) is 0 Å². The molecule has 6 heterocycles. The largest absolute Gasteiger partial charge is 2.00 e. The van der Waals surface area contributed by atoms with Gasteiger partial charge < -0.3 is 13.5 Å². The Bertz CT molecular complexity index is 3250. The number of aromatic nitrogens is 6. The van der Waals surface area contributed by atoms with Crippen LogP contribution in [0.4, 0.5) is 0 Å². The number of rotatable bonds is 3. The quantitative estimate of drug-likeness (QED) is 0.102. The van der Waals surface area contributed by atoms with Crippen LogP contribution in [0.2, 0.25) is 0 Å². The van der Waals surface area contributed by atoms with Gasteiger partial charge in [-0.25, -0.2) is 4.98 Å². The Morgan fingerprint density at radius 1 is 0.519 bits per heavy atom. The van der Waals surface area contributed by atoms with Gasteiger partial charge in [0.2, 0.25) is 0 Å². The molecule has 0 unspecified atom stereocenters. The molecular weight excluding hydrogens is 735 g/mol. The Morgan fingerprint density at radius 3 is 1.85 bits per heavy atom. The van der Waals surface area contributed by atoms with Gasteiger partial charge in [-0.05, 0) is 72.8 Å². The van der Waals surface area contributed by atoms with Gasteiger partial charge in [0.1, 0.15) is 5.65 Å². The van der Waals surface area contributed by atoms with Gasteiger partial charge in [-0.1, -0.05) is 94.3 Å². The van der Waals surface area contributed by atoms with Crippen LogP contribution < -0.4 is 4.74 Å². The van der Waals surface area contributed by atoms with E-state index in [9.17, 15) is 0 Å². The predicted molar refractivity (Wildman–Crippen MR) is 204 cm³/mol. The summed E-state index contributed by atoms with van der Waals surface area (Å²) in [6.07, 6.45) is 1.82. The molecule has 11 rings (SSSR count). The first-order valence-electron chi connectivity index (χ1n) is 16.9. The van der Waals surface area contributed by atoms with Crippen LogP contribution in [0.5, 0.6) is 11.5 Å². The number of benzene rings is 5. The summed E-state index contributed by atoms with van der Waals surface area (Å²) in [5.74, 6) is 1.13. The molecular formula is C44H26N6OPd. The average Bonchev–Trinajstić information content (AvgIpc) is 3.75. The Hall–Kier alpha value is -6.20. The molecule has 0 atom stereocenters. The molecule has 0 aliphatic heterocycles. The number of ether oxygens (including phenoxy) is 1. The van der Waals surface area contributed by atoms with Crippen molar-refractivity contribution in [2.45, 2.75) is 13.8 Å². The molecule has 0 amide bonds. The van der Waals surface area contributed by atoms with E-state index in [4.69, 9.17) is 24.7 Å². The van der Waals surface area contributed by atoms with Crippen LogP contribution in [0.3, 0.4) is 0 Å². The van der Waals surface area contributed by atoms with E-state index in [0.29, 0.717) is 11.5 Å². The Labute approximate surface area is 310 Å². The maximum atomic E-state index is 6.55. The number of aryl methyl sites for hydroxylation is 2. The second-order valence-electron chi connectivity index (χ2n) is 13.0. The van der Waals surface area contributed by atoms with Gasteiger partial charge in [-0.15, -0.1) is 12.1 Å². The Morgan fingerprint density at radius 2 is 1.12 bits per heavy atom. The van der Waals surface area contributed by atoms with Crippen molar-refractivity contribution < 1.29 is 25.2 Å². The van der Waals surface area contributed by atoms with E-state index in [0.717, 1.165) is 88.2 Å². The van der Waals surface area contributed by atoms with E-state index < -0.39 is 0 Å². The van der Waals surface area contributed by atoms with Crippen molar-refractivity contribution in [3.05, 3.63) is 145 Å². The molecule has 0 saturated heterocycles. The van der Waals surface area contributed by atoms with E-state index >= 15 is 0 Å². The molecule has 6 aromatic heterocycles. The minimum Gasteiger partial charge on any atom is -0.497 e. The van der Waals surface area contributed by atoms with E-state index in [1.54, 1.807) is 0 Å². The van der Waals surface area contributed by atoms with Crippen molar-refractivity contribution in [1.82, 2.24) is 28.7 Å². The maximum absolute atomic E-state index is 6.55. The number of hydrogen-bond donors (Lipinski definition) is 0. The van der Waals surface area contributed by atoms with Crippen molar-refractivity contribution in [1.29, 1.82) is 0 Å². The van der Waals surface area contributed by atoms with E-state index in [-0.39, 0.29) is 20.4 Å². The van der Waals surface area contributed by atoms with Gasteiger partial charge in [0.25, 0.3) is 0 Å². The van der Waals surface area contributed by atoms with Crippen molar-refractivity contribution >= 4 is 77.0 Å². The number of para-hydroxylation sites is 4. The third kappa shape index (κ3) is 4.35. The van der Waals surface area contributed by atoms with Crippen LogP contribution in [0.25, 0.3) is 88.2 Å². The van der Waals surface area contributed by atoms with Crippen molar-refractivity contribution in [2.24, 2.45) is 0 Å². The van der Waals surface area contributed by atoms with Crippen LogP contribution >= 0.6 is 0 Å². The summed E-state index contributed by atoms with van der Waals surface area (Å²) < 4.78 is 10.9. The first-order chi connectivity index (χ1) is 25.1. The Balaban J connectivity index is 0.00000338. The molecule has 0 saturated carbocycles. The van der Waals surface area contributed by atoms with Crippen LogP contribution in [0.15, 0.2) is 121 Å². The summed E-state index contributed by atoms with van der Waals surface area (Å²) in [5, 5.41) is 4.69. The fraction of sp³-hybridized carbons (Fsp3) is 0.0455. The molecule has 11 aromatic rings. The molecule has 0 bridgehead atoms. The summed E-state index contributed by atoms with van der Waals surface area (Å²) >= 11 is 0. The van der Waals surface area contributed by atoms with Crippen LogP contribution in [0, 0.1) is 26.0 Å². The summed E-state index contributed by atoms with van der Waals surface area (Å²) in [5.41, 5.74) is 12.6. The maximum Gasteiger partial charge on any atom is 2.00 e. The van der Waals surface area contributed by atoms with Crippen LogP contribution in [0.1, 0.15) is 11.1 Å². The van der Waals surface area contributed by atoms with Crippen molar-refractivity contribution in [3.8, 4) is 22.8 Å². The normalized spacial score (nSPS) is 11.9. The fourth-order valence-corrected chi connectivity index (χ4v) is 7.78. The van der Waals surface area contributed by atoms with Gasteiger partial charge in [0.05, 0.1) is 50.1 Å². The third-order valence-corrected chi connectivity index (χ3v) is 10.0. The second kappa shape index (κ2) is 11.4. The number of imidazole rings is 2. The van der Waals surface area contributed by atoms with Crippen LogP contribution in [-0.4, -0.2) is 28.7 Å². The zero-order valence-electron chi connectivity index (χ0n) is 28.0. The molecule has 7 nitrogen and oxygen atoms in total. The molecule has 0 radical (unpaired) electrons. The van der Waals surface area contributed by atoms with Gasteiger partial charge in [-0.2, -0.15) is 0 Å². The Kier molecular flexibility index (Phi) is 6.72. The SMILES string of the molecule is Cc1cccc(C)c1-c1ccc2c3ccc(Oc4[c-]c5c(cc4)c4ncccc4n4c6ccccc6nc54)[c-]c3c3nc4ccccc4n3c2n1.[Pd+2]. The number of nitrogens with zero attached hydrogens (tertiary/aromatic N) is 6. The monoisotopic (exact) mass is 760 g/mol. The zero-order chi connectivity index (χ0) is 33.8. The summed E-state index contributed by atoms with van der Waals surface area (Å²) in [7, 11) is 0. The molecule has 0 aliphatic carbocycles. The van der Waals surface area contributed by atoms with Gasteiger partial charge >= 0.3 is 20.4 Å². The number of hydrogen-bond acceptors (Lipinski definition) is 5. The standard InChI is InChI=1S/C44H26N6O.Pd/c1-25-9-7-10-26(2)40(25)36-21-20-31-29-18-16-27(23-32(29)44-47-35-12-4-6-14-38(35)50(44)42(31)48-36)51-28-17-19-30-33(24-28)43-46-34-11-3-5-13-37(34)49(43)39-15-8-22-45-41(30)39;/h3-22H,1-2H3;/q-2;+2. The van der Waals surface area contributed by atoms with Crippen molar-refractivity contribution in [2.75, 3.05) is 0 Å². The minimum atomic E-state index is 0. The minimum absolute atomic E-state index is 0. The second-order valence-corrected chi connectivity index (χ2v) is 13.0. The molecule has 248 valence electrons. The van der Waals surface area contributed by atoms with E-state index in [1.807, 2.05) is 66.9 Å². The smallest absolute Gasteiger partial charge is 0.497 e. The molecule has 0 aliphatic rings.